The highest BCUT2D eigenvalue weighted by Gasteiger charge is 2.74. The highest BCUT2D eigenvalue weighted by molar-refractivity contribution is 8.02. The van der Waals surface area contributed by atoms with Gasteiger partial charge in [-0.25, -0.2) is 0 Å². The number of unbranched alkanes of at least 4 members (excludes halogenated alkanes) is 1. The van der Waals surface area contributed by atoms with Crippen LogP contribution < -0.4 is 9.80 Å². The van der Waals surface area contributed by atoms with E-state index in [4.69, 9.17) is 11.6 Å². The van der Waals surface area contributed by atoms with Gasteiger partial charge in [-0.15, -0.1) is 24.9 Å². The second-order valence-corrected chi connectivity index (χ2v) is 12.8. The van der Waals surface area contributed by atoms with Crippen LogP contribution in [-0.2, 0) is 14.4 Å². The topological polar surface area (TPSA) is 81.2 Å². The van der Waals surface area contributed by atoms with Crippen LogP contribution in [0.5, 0.6) is 0 Å². The predicted octanol–water partition coefficient (Wildman–Crippen LogP) is 4.94. The number of carbonyl (C=O) groups excluding carboxylic acids is 3. The third-order valence-electron chi connectivity index (χ3n) is 8.49. The Morgan fingerprint density at radius 1 is 1.02 bits per heavy atom. The molecule has 41 heavy (non-hydrogen) atoms. The number of likely N-dealkylation sites (tertiary alicyclic amines) is 1. The minimum Gasteiger partial charge on any atom is -0.396 e. The summed E-state index contributed by atoms with van der Waals surface area (Å²) in [6.45, 7) is 8.62. The van der Waals surface area contributed by atoms with E-state index in [0.717, 1.165) is 12.1 Å². The van der Waals surface area contributed by atoms with Crippen molar-refractivity contribution in [3.05, 3.63) is 84.9 Å². The number of carbonyl (C=O) groups is 3. The van der Waals surface area contributed by atoms with E-state index < -0.39 is 22.6 Å². The predicted molar refractivity (Wildman–Crippen MR) is 165 cm³/mol. The van der Waals surface area contributed by atoms with E-state index in [0.29, 0.717) is 43.1 Å². The van der Waals surface area contributed by atoms with Gasteiger partial charge in [-0.1, -0.05) is 54.1 Å². The van der Waals surface area contributed by atoms with E-state index in [1.54, 1.807) is 50.7 Å². The number of halogens is 1. The molecule has 2 unspecified atom stereocenters. The van der Waals surface area contributed by atoms with E-state index in [9.17, 15) is 19.5 Å². The summed E-state index contributed by atoms with van der Waals surface area (Å²) < 4.78 is -0.727. The van der Waals surface area contributed by atoms with Crippen molar-refractivity contribution in [3.63, 3.8) is 0 Å². The fourth-order valence-electron chi connectivity index (χ4n) is 6.84. The zero-order valence-electron chi connectivity index (χ0n) is 23.0. The number of hydrogen-bond donors (Lipinski definition) is 1. The lowest BCUT2D eigenvalue weighted by atomic mass is 9.70. The minimum atomic E-state index is -0.757. The van der Waals surface area contributed by atoms with Gasteiger partial charge in [0.1, 0.15) is 6.04 Å². The smallest absolute Gasteiger partial charge is 0.251 e. The maximum absolute atomic E-state index is 14.6. The van der Waals surface area contributed by atoms with E-state index >= 15 is 0 Å². The Balaban J connectivity index is 1.55. The maximum atomic E-state index is 14.6. The van der Waals surface area contributed by atoms with Gasteiger partial charge in [-0.2, -0.15) is 0 Å². The third kappa shape index (κ3) is 5.11. The quantitative estimate of drug-likeness (QED) is 0.278. The molecule has 0 radical (unpaired) electrons. The number of amides is 3. The maximum Gasteiger partial charge on any atom is 0.251 e. The van der Waals surface area contributed by atoms with Crippen molar-refractivity contribution in [2.75, 3.05) is 36.0 Å². The van der Waals surface area contributed by atoms with Gasteiger partial charge in [0, 0.05) is 37.2 Å². The second-order valence-electron chi connectivity index (χ2n) is 10.8. The molecule has 3 amide bonds. The Morgan fingerprint density at radius 2 is 1.71 bits per heavy atom. The van der Waals surface area contributed by atoms with Crippen LogP contribution in [0.4, 0.5) is 11.4 Å². The summed E-state index contributed by atoms with van der Waals surface area (Å²) in [7, 11) is 0. The molecule has 3 fully saturated rings. The number of nitrogens with zero attached hydrogens (tertiary/aromatic N) is 3. The Morgan fingerprint density at radius 3 is 2.39 bits per heavy atom. The standard InChI is InChI=1S/C32H36ClN3O4S/c1-3-18-34(22-12-6-5-7-13-22)29(38)26-25-16-17-32(41-25)27(26)30(39)36(20-10-11-21-37)28(32)31(40)35(19-4-2)24-15-9-8-14-23(24)33/h3-9,12-15,25-28,37H,1-2,10-11,16-21H2/t25-,26+,27-,28?,32?/m0/s1. The molecule has 9 heteroatoms. The van der Waals surface area contributed by atoms with E-state index in [1.807, 2.05) is 42.5 Å². The fraction of sp³-hybridized carbons (Fsp3) is 0.406. The summed E-state index contributed by atoms with van der Waals surface area (Å²) in [4.78, 5) is 48.2. The molecule has 2 aromatic carbocycles. The molecule has 3 saturated heterocycles. The van der Waals surface area contributed by atoms with Crippen LogP contribution >= 0.6 is 23.4 Å². The third-order valence-corrected chi connectivity index (χ3v) is 10.8. The van der Waals surface area contributed by atoms with Gasteiger partial charge < -0.3 is 19.8 Å². The van der Waals surface area contributed by atoms with Gasteiger partial charge in [-0.3, -0.25) is 14.4 Å². The minimum absolute atomic E-state index is 0.00293. The molecule has 7 nitrogen and oxygen atoms in total. The molecule has 0 aromatic heterocycles. The van der Waals surface area contributed by atoms with Gasteiger partial charge in [0.05, 0.1) is 27.3 Å². The number of rotatable bonds is 12. The Hall–Kier alpha value is -3.07. The van der Waals surface area contributed by atoms with Gasteiger partial charge in [0.15, 0.2) is 0 Å². The lowest BCUT2D eigenvalue weighted by Gasteiger charge is -2.37. The largest absolute Gasteiger partial charge is 0.396 e. The van der Waals surface area contributed by atoms with Gasteiger partial charge in [-0.05, 0) is 49.9 Å². The van der Waals surface area contributed by atoms with Crippen molar-refractivity contribution in [1.29, 1.82) is 0 Å². The number of benzene rings is 2. The van der Waals surface area contributed by atoms with Crippen LogP contribution in [0.1, 0.15) is 25.7 Å². The first-order valence-corrected chi connectivity index (χ1v) is 15.4. The molecule has 2 aromatic rings. The average molecular weight is 594 g/mol. The van der Waals surface area contributed by atoms with Gasteiger partial charge >= 0.3 is 0 Å². The first-order chi connectivity index (χ1) is 19.9. The summed E-state index contributed by atoms with van der Waals surface area (Å²) in [5, 5.41) is 9.83. The van der Waals surface area contributed by atoms with Crippen LogP contribution in [0.2, 0.25) is 5.02 Å². The van der Waals surface area contributed by atoms with Crippen molar-refractivity contribution in [1.82, 2.24) is 4.90 Å². The van der Waals surface area contributed by atoms with Crippen molar-refractivity contribution in [3.8, 4) is 0 Å². The molecular weight excluding hydrogens is 558 g/mol. The highest BCUT2D eigenvalue weighted by Crippen LogP contribution is 2.67. The number of hydrogen-bond acceptors (Lipinski definition) is 5. The Labute approximate surface area is 250 Å². The molecule has 216 valence electrons. The van der Waals surface area contributed by atoms with Crippen molar-refractivity contribution >= 4 is 52.5 Å². The number of thioether (sulfide) groups is 1. The van der Waals surface area contributed by atoms with Gasteiger partial charge in [0.25, 0.3) is 5.91 Å². The van der Waals surface area contributed by atoms with E-state index in [2.05, 4.69) is 13.2 Å². The summed E-state index contributed by atoms with van der Waals surface area (Å²) in [5.74, 6) is -1.64. The fourth-order valence-corrected chi connectivity index (χ4v) is 9.29. The molecular formula is C32H36ClN3O4S. The van der Waals surface area contributed by atoms with E-state index in [-0.39, 0.29) is 36.1 Å². The molecule has 1 N–H and O–H groups in total. The van der Waals surface area contributed by atoms with Gasteiger partial charge in [0.2, 0.25) is 11.8 Å². The van der Waals surface area contributed by atoms with E-state index in [1.165, 1.54) is 0 Å². The van der Waals surface area contributed by atoms with Crippen LogP contribution in [0, 0.1) is 11.8 Å². The molecule has 0 saturated carbocycles. The zero-order valence-corrected chi connectivity index (χ0v) is 24.6. The zero-order chi connectivity index (χ0) is 29.1. The molecule has 1 spiro atoms. The van der Waals surface area contributed by atoms with Crippen molar-refractivity contribution in [2.45, 2.75) is 41.7 Å². The highest BCUT2D eigenvalue weighted by atomic mass is 35.5. The molecule has 0 aliphatic carbocycles. The molecule has 3 heterocycles. The monoisotopic (exact) mass is 593 g/mol. The van der Waals surface area contributed by atoms with Crippen molar-refractivity contribution < 1.29 is 19.5 Å². The molecule has 5 atom stereocenters. The number of anilines is 2. The number of aliphatic hydroxyl groups is 1. The normalized spacial score (nSPS) is 26.1. The van der Waals surface area contributed by atoms with Crippen LogP contribution in [0.25, 0.3) is 0 Å². The summed E-state index contributed by atoms with van der Waals surface area (Å²) in [6.07, 6.45) is 5.85. The molecule has 3 aliphatic heterocycles. The second kappa shape index (κ2) is 12.4. The van der Waals surface area contributed by atoms with Crippen LogP contribution in [0.3, 0.4) is 0 Å². The Kier molecular flexibility index (Phi) is 8.92. The van der Waals surface area contributed by atoms with Crippen molar-refractivity contribution in [2.24, 2.45) is 11.8 Å². The SMILES string of the molecule is C=CCN(C(=O)[C@@H]1[C@@H]2CCC3(S2)C(C(=O)N(CC=C)c2ccccc2Cl)N(CCCCO)C(=O)[C@H]13)c1ccccc1. The van der Waals surface area contributed by atoms with Crippen LogP contribution in [0.15, 0.2) is 79.9 Å². The number of aliphatic hydroxyl groups excluding tert-OH is 1. The summed E-state index contributed by atoms with van der Waals surface area (Å²) in [6, 6.07) is 15.9. The molecule has 5 rings (SSSR count). The lowest BCUT2D eigenvalue weighted by Crippen LogP contribution is -2.55. The Bertz CT molecular complexity index is 1320. The molecule has 2 bridgehead atoms. The molecule has 3 aliphatic rings. The average Bonchev–Trinajstić information content (AvgIpc) is 3.62. The lowest BCUT2D eigenvalue weighted by molar-refractivity contribution is -0.139. The van der Waals surface area contributed by atoms with Crippen LogP contribution in [-0.4, -0.2) is 70.0 Å². The first kappa shape index (κ1) is 29.4. The number of para-hydroxylation sites is 2. The first-order valence-electron chi connectivity index (χ1n) is 14.1. The summed E-state index contributed by atoms with van der Waals surface area (Å²) in [5.41, 5.74) is 1.32. The summed E-state index contributed by atoms with van der Waals surface area (Å²) >= 11 is 8.19. The number of fused-ring (bicyclic) bond motifs is 1.